The molecule has 2 nitrogen and oxygen atoms in total. The largest absolute Gasteiger partial charge is 0.310 e. The number of aromatic nitrogens is 1. The summed E-state index contributed by atoms with van der Waals surface area (Å²) in [7, 11) is 0. The van der Waals surface area contributed by atoms with E-state index in [-0.39, 0.29) is 28.4 Å². The van der Waals surface area contributed by atoms with Crippen molar-refractivity contribution >= 4 is 49.6 Å². The predicted octanol–water partition coefficient (Wildman–Crippen LogP) is 13.8. The van der Waals surface area contributed by atoms with Crippen LogP contribution >= 0.6 is 0 Å². The SMILES string of the molecule is [2H]c1c([2H])c([2H])c2c(C3(c4ccc5c(c4)c4ccccc4n5-c4ccccc4)c4ccccc4-c4cc(N(c5ccccc5)c5ccccc5)ccc43)c([2H])c([2H])c([2H])c2c1[2H]. The maximum Gasteiger partial charge on any atom is 0.0719 e. The number of fused-ring (bicyclic) bond motifs is 7. The van der Waals surface area contributed by atoms with E-state index in [0.717, 1.165) is 72.4 Å². The van der Waals surface area contributed by atoms with Crippen LogP contribution in [-0.2, 0) is 5.41 Å². The molecule has 0 N–H and O–H groups in total. The molecule has 10 aromatic rings. The zero-order valence-electron chi connectivity index (χ0n) is 36.6. The molecule has 0 saturated carbocycles. The van der Waals surface area contributed by atoms with Crippen LogP contribution in [0.5, 0.6) is 0 Å². The zero-order chi connectivity index (χ0) is 42.4. The lowest BCUT2D eigenvalue weighted by Gasteiger charge is -2.35. The van der Waals surface area contributed by atoms with Crippen molar-refractivity contribution in [3.05, 3.63) is 240 Å². The summed E-state index contributed by atoms with van der Waals surface area (Å²) in [6.45, 7) is 0. The number of nitrogens with zero attached hydrogens (tertiary/aromatic N) is 2. The Morgan fingerprint density at radius 3 is 1.85 bits per heavy atom. The number of hydrogen-bond donors (Lipinski definition) is 0. The third-order valence-corrected chi connectivity index (χ3v) is 11.1. The summed E-state index contributed by atoms with van der Waals surface area (Å²) in [4.78, 5) is 2.20. The van der Waals surface area contributed by atoms with E-state index in [1.54, 1.807) is 0 Å². The fourth-order valence-corrected chi connectivity index (χ4v) is 8.89. The topological polar surface area (TPSA) is 8.17 Å². The molecule has 0 aliphatic heterocycles. The molecule has 1 aromatic heterocycles. The van der Waals surface area contributed by atoms with Gasteiger partial charge in [-0.3, -0.25) is 0 Å². The average molecular weight is 708 g/mol. The lowest BCUT2D eigenvalue weighted by molar-refractivity contribution is 0.778. The first-order valence-corrected chi connectivity index (χ1v) is 18.5. The van der Waals surface area contributed by atoms with E-state index in [4.69, 9.17) is 5.48 Å². The summed E-state index contributed by atoms with van der Waals surface area (Å²) < 4.78 is 66.8. The summed E-state index contributed by atoms with van der Waals surface area (Å²) in [5, 5.41) is 1.97. The van der Waals surface area contributed by atoms with Gasteiger partial charge in [-0.2, -0.15) is 0 Å². The van der Waals surface area contributed by atoms with E-state index in [9.17, 15) is 4.11 Å². The van der Waals surface area contributed by atoms with Crippen LogP contribution in [0.25, 0.3) is 49.4 Å². The third kappa shape index (κ3) is 4.68. The molecule has 0 saturated heterocycles. The molecule has 11 rings (SSSR count). The number of anilines is 3. The van der Waals surface area contributed by atoms with Gasteiger partial charge in [0.15, 0.2) is 0 Å². The van der Waals surface area contributed by atoms with Crippen molar-refractivity contribution in [2.75, 3.05) is 4.90 Å². The fraction of sp³-hybridized carbons (Fsp3) is 0.0189. The van der Waals surface area contributed by atoms with Crippen molar-refractivity contribution in [2.45, 2.75) is 5.41 Å². The monoisotopic (exact) mass is 707 g/mol. The molecule has 0 bridgehead atoms. The summed E-state index contributed by atoms with van der Waals surface area (Å²) in [6, 6.07) is 56.7. The van der Waals surface area contributed by atoms with Crippen molar-refractivity contribution < 1.29 is 9.60 Å². The number of para-hydroxylation sites is 4. The van der Waals surface area contributed by atoms with E-state index in [1.807, 2.05) is 84.9 Å². The van der Waals surface area contributed by atoms with Crippen LogP contribution in [-0.4, -0.2) is 4.57 Å². The normalized spacial score (nSPS) is 16.4. The Balaban J connectivity index is 1.31. The summed E-state index contributed by atoms with van der Waals surface area (Å²) in [5.74, 6) is 0. The van der Waals surface area contributed by atoms with Gasteiger partial charge in [0.05, 0.1) is 26.0 Å². The molecule has 1 atom stereocenters. The Labute approximate surface area is 330 Å². The predicted molar refractivity (Wildman–Crippen MR) is 230 cm³/mol. The number of hydrogen-bond acceptors (Lipinski definition) is 1. The Kier molecular flexibility index (Phi) is 5.66. The lowest BCUT2D eigenvalue weighted by atomic mass is 9.66. The van der Waals surface area contributed by atoms with Gasteiger partial charge in [-0.05, 0) is 111 Å². The minimum Gasteiger partial charge on any atom is -0.310 e. The van der Waals surface area contributed by atoms with Gasteiger partial charge in [0, 0.05) is 33.5 Å². The highest BCUT2D eigenvalue weighted by Crippen LogP contribution is 2.58. The Morgan fingerprint density at radius 1 is 0.418 bits per heavy atom. The quantitative estimate of drug-likeness (QED) is 0.167. The van der Waals surface area contributed by atoms with Crippen LogP contribution in [0.1, 0.15) is 31.8 Å². The van der Waals surface area contributed by atoms with Crippen molar-refractivity contribution in [2.24, 2.45) is 0 Å². The maximum atomic E-state index is 9.90. The molecule has 0 fully saturated rings. The van der Waals surface area contributed by atoms with Gasteiger partial charge in [-0.25, -0.2) is 0 Å². The molecular weight excluding hydrogens is 665 g/mol. The Bertz CT molecular complexity index is 3390. The highest BCUT2D eigenvalue weighted by atomic mass is 15.1. The van der Waals surface area contributed by atoms with Crippen LogP contribution in [0, 0.1) is 0 Å². The van der Waals surface area contributed by atoms with E-state index < -0.39 is 35.6 Å². The summed E-state index contributed by atoms with van der Waals surface area (Å²) >= 11 is 0. The van der Waals surface area contributed by atoms with Gasteiger partial charge >= 0.3 is 0 Å². The van der Waals surface area contributed by atoms with Gasteiger partial charge in [-0.1, -0.05) is 151 Å². The second-order valence-corrected chi connectivity index (χ2v) is 14.0. The van der Waals surface area contributed by atoms with E-state index >= 15 is 0 Å². The summed E-state index contributed by atoms with van der Waals surface area (Å²) in [6.07, 6.45) is 0. The van der Waals surface area contributed by atoms with E-state index in [0.29, 0.717) is 0 Å². The Hall–Kier alpha value is -7.16. The van der Waals surface area contributed by atoms with Crippen molar-refractivity contribution in [3.63, 3.8) is 0 Å². The second kappa shape index (κ2) is 12.5. The van der Waals surface area contributed by atoms with Gasteiger partial charge in [-0.15, -0.1) is 0 Å². The first kappa shape index (κ1) is 25.0. The van der Waals surface area contributed by atoms with Gasteiger partial charge in [0.1, 0.15) is 0 Å². The van der Waals surface area contributed by atoms with Crippen molar-refractivity contribution in [3.8, 4) is 16.8 Å². The average Bonchev–Trinajstić information content (AvgIpc) is 3.80. The molecule has 258 valence electrons. The Morgan fingerprint density at radius 2 is 1.05 bits per heavy atom. The molecule has 1 unspecified atom stereocenters. The highest BCUT2D eigenvalue weighted by molar-refractivity contribution is 6.10. The van der Waals surface area contributed by atoms with Gasteiger partial charge in [0.2, 0.25) is 0 Å². The van der Waals surface area contributed by atoms with Crippen LogP contribution in [0.4, 0.5) is 17.1 Å². The number of rotatable bonds is 6. The minimum atomic E-state index is -1.38. The van der Waals surface area contributed by atoms with E-state index in [1.165, 1.54) is 0 Å². The molecule has 1 aliphatic rings. The molecule has 2 heteroatoms. The van der Waals surface area contributed by atoms with Crippen molar-refractivity contribution in [1.82, 2.24) is 4.57 Å². The van der Waals surface area contributed by atoms with Crippen LogP contribution < -0.4 is 4.90 Å². The molecule has 9 aromatic carbocycles. The van der Waals surface area contributed by atoms with Gasteiger partial charge in [0.25, 0.3) is 0 Å². The fourth-order valence-electron chi connectivity index (χ4n) is 8.89. The molecule has 0 radical (unpaired) electrons. The molecular formula is C53H36N2. The standard InChI is InChI=1S/C53H36N2/c1-4-19-39(20-5-1)54(40-21-6-2-7-22-40)42-32-33-50-46(36-42)44-26-12-14-28-49(44)53(50,48-29-16-18-37-17-10-11-25-43(37)48)38-31-34-52-47(35-38)45-27-13-15-30-51(45)55(52)41-23-8-3-9-24-41/h1-36H/i10D,11D,16D,17D,18D,25D,29D. The molecule has 55 heavy (non-hydrogen) atoms. The molecule has 0 amide bonds. The minimum absolute atomic E-state index is 0.0655. The van der Waals surface area contributed by atoms with Crippen LogP contribution in [0.15, 0.2) is 218 Å². The molecule has 0 spiro atoms. The number of benzene rings is 9. The third-order valence-electron chi connectivity index (χ3n) is 11.1. The van der Waals surface area contributed by atoms with Gasteiger partial charge < -0.3 is 9.47 Å². The first-order valence-electron chi connectivity index (χ1n) is 22.0. The first-order chi connectivity index (χ1) is 30.2. The lowest BCUT2D eigenvalue weighted by Crippen LogP contribution is -2.29. The van der Waals surface area contributed by atoms with Crippen molar-refractivity contribution in [1.29, 1.82) is 0 Å². The smallest absolute Gasteiger partial charge is 0.0719 e. The summed E-state index contributed by atoms with van der Waals surface area (Å²) in [5.41, 5.74) is 8.86. The molecule has 1 aliphatic carbocycles. The second-order valence-electron chi connectivity index (χ2n) is 14.0. The van der Waals surface area contributed by atoms with E-state index in [2.05, 4.69) is 100 Å². The highest BCUT2D eigenvalue weighted by Gasteiger charge is 2.47. The van der Waals surface area contributed by atoms with Crippen LogP contribution in [0.2, 0.25) is 0 Å². The van der Waals surface area contributed by atoms with Crippen LogP contribution in [0.3, 0.4) is 0 Å². The molecule has 1 heterocycles. The zero-order valence-corrected chi connectivity index (χ0v) is 29.6. The maximum absolute atomic E-state index is 9.90.